The molecule has 3 aromatic heterocycles. The van der Waals surface area contributed by atoms with Crippen LogP contribution in [0.1, 0.15) is 39.5 Å². The fourth-order valence-electron chi connectivity index (χ4n) is 4.16. The molecule has 0 saturated carbocycles. The molecule has 1 N–H and O–H groups in total. The van der Waals surface area contributed by atoms with Gasteiger partial charge in [-0.2, -0.15) is 5.10 Å². The normalized spacial score (nSPS) is 13.2. The minimum atomic E-state index is -0.0229. The van der Waals surface area contributed by atoms with Crippen LogP contribution in [0.4, 0.5) is 0 Å². The van der Waals surface area contributed by atoms with Crippen molar-refractivity contribution in [3.63, 3.8) is 0 Å². The first-order valence-corrected chi connectivity index (χ1v) is 9.61. The number of nitrogens with one attached hydrogen (secondary N) is 1. The van der Waals surface area contributed by atoms with E-state index >= 15 is 0 Å². The second-order valence-electron chi connectivity index (χ2n) is 7.37. The number of benzene rings is 1. The molecule has 0 unspecified atom stereocenters. The van der Waals surface area contributed by atoms with Gasteiger partial charge in [0.15, 0.2) is 0 Å². The van der Waals surface area contributed by atoms with E-state index in [1.54, 1.807) is 6.26 Å². The zero-order chi connectivity index (χ0) is 19.1. The summed E-state index contributed by atoms with van der Waals surface area (Å²) in [6.07, 6.45) is 6.78. The van der Waals surface area contributed by atoms with E-state index in [0.717, 1.165) is 41.6 Å². The van der Waals surface area contributed by atoms with E-state index in [0.29, 0.717) is 18.7 Å². The SMILES string of the molecule is Cn1nc(CN(Cc2ccco2)C(=O)c2ccc3cc[nH]c3c2)c2c1CCC2. The Morgan fingerprint density at radius 2 is 2.18 bits per heavy atom. The fraction of sp³-hybridized carbons (Fsp3) is 0.273. The van der Waals surface area contributed by atoms with E-state index in [4.69, 9.17) is 9.52 Å². The maximum atomic E-state index is 13.4. The Balaban J connectivity index is 1.48. The number of H-pyrrole nitrogens is 1. The molecule has 6 nitrogen and oxygen atoms in total. The molecule has 0 radical (unpaired) electrons. The quantitative estimate of drug-likeness (QED) is 0.577. The number of carbonyl (C=O) groups excluding carboxylic acids is 1. The average Bonchev–Trinajstić information content (AvgIpc) is 3.48. The standard InChI is InChI=1S/C22H22N4O2/c1-25-21-6-2-5-18(21)20(24-25)14-26(13-17-4-3-11-28-17)22(27)16-8-7-15-9-10-23-19(15)12-16/h3-4,7-12,23H,2,5-6,13-14H2,1H3. The first-order valence-electron chi connectivity index (χ1n) is 9.61. The highest BCUT2D eigenvalue weighted by molar-refractivity contribution is 5.97. The summed E-state index contributed by atoms with van der Waals surface area (Å²) in [4.78, 5) is 18.4. The van der Waals surface area contributed by atoms with Gasteiger partial charge in [-0.3, -0.25) is 9.48 Å². The van der Waals surface area contributed by atoms with Crippen LogP contribution in [0.3, 0.4) is 0 Å². The number of furan rings is 1. The molecule has 4 aromatic rings. The van der Waals surface area contributed by atoms with Gasteiger partial charge in [-0.1, -0.05) is 6.07 Å². The molecule has 28 heavy (non-hydrogen) atoms. The van der Waals surface area contributed by atoms with Crippen LogP contribution < -0.4 is 0 Å². The lowest BCUT2D eigenvalue weighted by atomic mass is 10.1. The van der Waals surface area contributed by atoms with Crippen molar-refractivity contribution in [2.75, 3.05) is 0 Å². The monoisotopic (exact) mass is 374 g/mol. The van der Waals surface area contributed by atoms with Crippen molar-refractivity contribution in [3.05, 3.63) is 77.1 Å². The number of aromatic amines is 1. The van der Waals surface area contributed by atoms with Gasteiger partial charge in [0.1, 0.15) is 5.76 Å². The van der Waals surface area contributed by atoms with E-state index in [1.807, 2.05) is 59.2 Å². The van der Waals surface area contributed by atoms with Gasteiger partial charge in [-0.15, -0.1) is 0 Å². The molecule has 0 bridgehead atoms. The summed E-state index contributed by atoms with van der Waals surface area (Å²) in [6, 6.07) is 11.5. The number of hydrogen-bond donors (Lipinski definition) is 1. The van der Waals surface area contributed by atoms with Gasteiger partial charge in [0.2, 0.25) is 0 Å². The Morgan fingerprint density at radius 3 is 3.04 bits per heavy atom. The zero-order valence-electron chi connectivity index (χ0n) is 15.8. The first kappa shape index (κ1) is 16.9. The van der Waals surface area contributed by atoms with Gasteiger partial charge in [0, 0.05) is 30.0 Å². The number of rotatable bonds is 5. The van der Waals surface area contributed by atoms with E-state index in [-0.39, 0.29) is 5.91 Å². The first-order chi connectivity index (χ1) is 13.7. The lowest BCUT2D eigenvalue weighted by molar-refractivity contribution is 0.0715. The highest BCUT2D eigenvalue weighted by Gasteiger charge is 2.25. The van der Waals surface area contributed by atoms with Crippen LogP contribution in [0.5, 0.6) is 0 Å². The molecule has 0 fully saturated rings. The number of aromatic nitrogens is 3. The minimum Gasteiger partial charge on any atom is -0.467 e. The fourth-order valence-corrected chi connectivity index (χ4v) is 4.16. The van der Waals surface area contributed by atoms with Gasteiger partial charge in [0.05, 0.1) is 25.0 Å². The van der Waals surface area contributed by atoms with Crippen molar-refractivity contribution < 1.29 is 9.21 Å². The summed E-state index contributed by atoms with van der Waals surface area (Å²) in [5, 5.41) is 5.80. The van der Waals surface area contributed by atoms with E-state index in [1.165, 1.54) is 11.3 Å². The summed E-state index contributed by atoms with van der Waals surface area (Å²) in [5.41, 5.74) is 5.22. The third kappa shape index (κ3) is 2.91. The predicted octanol–water partition coefficient (Wildman–Crippen LogP) is 3.83. The number of aryl methyl sites for hydroxylation is 1. The predicted molar refractivity (Wildman–Crippen MR) is 106 cm³/mol. The molecular weight excluding hydrogens is 352 g/mol. The Bertz CT molecular complexity index is 1140. The van der Waals surface area contributed by atoms with Gasteiger partial charge >= 0.3 is 0 Å². The topological polar surface area (TPSA) is 67.1 Å². The second kappa shape index (κ2) is 6.71. The Kier molecular flexibility index (Phi) is 4.04. The Labute approximate surface area is 162 Å². The highest BCUT2D eigenvalue weighted by atomic mass is 16.3. The van der Waals surface area contributed by atoms with Crippen LogP contribution in [-0.4, -0.2) is 25.6 Å². The average molecular weight is 374 g/mol. The van der Waals surface area contributed by atoms with Crippen molar-refractivity contribution in [3.8, 4) is 0 Å². The summed E-state index contributed by atoms with van der Waals surface area (Å²) < 4.78 is 7.49. The molecule has 0 aliphatic heterocycles. The number of amides is 1. The van der Waals surface area contributed by atoms with Crippen molar-refractivity contribution in [2.24, 2.45) is 7.05 Å². The molecule has 0 spiro atoms. The van der Waals surface area contributed by atoms with Crippen molar-refractivity contribution in [2.45, 2.75) is 32.4 Å². The van der Waals surface area contributed by atoms with Crippen LogP contribution in [-0.2, 0) is 33.0 Å². The summed E-state index contributed by atoms with van der Waals surface area (Å²) in [5.74, 6) is 0.743. The zero-order valence-corrected chi connectivity index (χ0v) is 15.8. The van der Waals surface area contributed by atoms with Gasteiger partial charge in [-0.25, -0.2) is 0 Å². The maximum Gasteiger partial charge on any atom is 0.254 e. The molecule has 142 valence electrons. The molecule has 1 amide bonds. The molecule has 1 aromatic carbocycles. The number of carbonyl (C=O) groups is 1. The number of hydrogen-bond acceptors (Lipinski definition) is 3. The summed E-state index contributed by atoms with van der Waals surface area (Å²) in [7, 11) is 1.99. The van der Waals surface area contributed by atoms with E-state index in [9.17, 15) is 4.79 Å². The second-order valence-corrected chi connectivity index (χ2v) is 7.37. The molecule has 6 heteroatoms. The molecule has 0 saturated heterocycles. The maximum absolute atomic E-state index is 13.4. The largest absolute Gasteiger partial charge is 0.467 e. The van der Waals surface area contributed by atoms with Crippen LogP contribution in [0.25, 0.3) is 10.9 Å². The van der Waals surface area contributed by atoms with Gasteiger partial charge < -0.3 is 14.3 Å². The van der Waals surface area contributed by atoms with Crippen molar-refractivity contribution in [1.29, 1.82) is 0 Å². The lowest BCUT2D eigenvalue weighted by Crippen LogP contribution is -2.30. The Morgan fingerprint density at radius 1 is 1.25 bits per heavy atom. The molecular formula is C22H22N4O2. The minimum absolute atomic E-state index is 0.0229. The van der Waals surface area contributed by atoms with Crippen LogP contribution in [0.2, 0.25) is 0 Å². The molecule has 3 heterocycles. The smallest absolute Gasteiger partial charge is 0.254 e. The molecule has 5 rings (SSSR count). The van der Waals surface area contributed by atoms with Crippen LogP contribution in [0, 0.1) is 0 Å². The van der Waals surface area contributed by atoms with E-state index < -0.39 is 0 Å². The molecule has 1 aliphatic rings. The molecule has 1 aliphatic carbocycles. The van der Waals surface area contributed by atoms with Crippen LogP contribution in [0.15, 0.2) is 53.3 Å². The highest BCUT2D eigenvalue weighted by Crippen LogP contribution is 2.27. The van der Waals surface area contributed by atoms with Gasteiger partial charge in [0.25, 0.3) is 5.91 Å². The van der Waals surface area contributed by atoms with Crippen molar-refractivity contribution >= 4 is 16.8 Å². The van der Waals surface area contributed by atoms with Gasteiger partial charge in [-0.05, 0) is 60.5 Å². The lowest BCUT2D eigenvalue weighted by Gasteiger charge is -2.21. The van der Waals surface area contributed by atoms with Crippen LogP contribution >= 0.6 is 0 Å². The third-order valence-corrected chi connectivity index (χ3v) is 5.56. The number of nitrogens with zero attached hydrogens (tertiary/aromatic N) is 3. The summed E-state index contributed by atoms with van der Waals surface area (Å²) >= 11 is 0. The molecule has 0 atom stereocenters. The van der Waals surface area contributed by atoms with Crippen molar-refractivity contribution in [1.82, 2.24) is 19.7 Å². The Hall–Kier alpha value is -3.28. The number of fused-ring (bicyclic) bond motifs is 2. The summed E-state index contributed by atoms with van der Waals surface area (Å²) in [6.45, 7) is 0.894. The van der Waals surface area contributed by atoms with E-state index in [2.05, 4.69) is 4.98 Å². The third-order valence-electron chi connectivity index (χ3n) is 5.56.